The zero-order valence-corrected chi connectivity index (χ0v) is 21.6. The number of nitrogens with zero attached hydrogens (tertiary/aromatic N) is 3. The number of nitrogens with one attached hydrogen (secondary N) is 2. The molecule has 0 saturated carbocycles. The highest BCUT2D eigenvalue weighted by molar-refractivity contribution is 6.16. The minimum atomic E-state index is 0.561. The third-order valence-electron chi connectivity index (χ3n) is 7.13. The highest BCUT2D eigenvalue weighted by atomic mass is 15.2. The molecular weight excluding hydrogens is 490 g/mol. The molecule has 5 aromatic carbocycles. The van der Waals surface area contributed by atoms with Crippen molar-refractivity contribution in [2.24, 2.45) is 0 Å². The number of hydrogen-bond donors (Lipinski definition) is 2. The molecule has 0 unspecified atom stereocenters. The molecule has 7 aromatic rings. The monoisotopic (exact) mass is 515 g/mol. The Labute approximate surface area is 231 Å². The third-order valence-corrected chi connectivity index (χ3v) is 7.13. The molecule has 0 amide bonds. The van der Waals surface area contributed by atoms with Gasteiger partial charge in [-0.15, -0.1) is 0 Å². The molecule has 0 spiro atoms. The fourth-order valence-electron chi connectivity index (χ4n) is 5.27. The summed E-state index contributed by atoms with van der Waals surface area (Å²) in [5.41, 5.74) is 8.17. The largest absolute Gasteiger partial charge is 0.355 e. The van der Waals surface area contributed by atoms with E-state index in [0.717, 1.165) is 61.3 Å². The molecule has 2 aromatic heterocycles. The van der Waals surface area contributed by atoms with E-state index >= 15 is 0 Å². The standard InChI is InChI=1S/C35H25N5/c36-23-29-30(37-26-16-8-3-9-17-26)21-20-28-27-18-10-11-19-33(27)40(34(28)29)35-38-31(24-12-4-1-5-13-24)22-32(39-35)25-14-6-2-7-15-25/h1-23,36-37H. The molecule has 190 valence electrons. The van der Waals surface area contributed by atoms with E-state index in [0.29, 0.717) is 5.95 Å². The van der Waals surface area contributed by atoms with E-state index < -0.39 is 0 Å². The van der Waals surface area contributed by atoms with Crippen LogP contribution in [-0.4, -0.2) is 20.7 Å². The van der Waals surface area contributed by atoms with Crippen molar-refractivity contribution >= 4 is 39.4 Å². The summed E-state index contributed by atoms with van der Waals surface area (Å²) in [7, 11) is 0. The number of para-hydroxylation sites is 2. The van der Waals surface area contributed by atoms with E-state index in [9.17, 15) is 0 Å². The van der Waals surface area contributed by atoms with Gasteiger partial charge >= 0.3 is 0 Å². The second kappa shape index (κ2) is 9.97. The summed E-state index contributed by atoms with van der Waals surface area (Å²) in [6.45, 7) is 0. The molecule has 0 bridgehead atoms. The van der Waals surface area contributed by atoms with Crippen molar-refractivity contribution in [1.29, 1.82) is 5.41 Å². The van der Waals surface area contributed by atoms with Crippen molar-refractivity contribution in [2.75, 3.05) is 5.32 Å². The molecular formula is C35H25N5. The number of hydrogen-bond acceptors (Lipinski definition) is 4. The molecule has 40 heavy (non-hydrogen) atoms. The van der Waals surface area contributed by atoms with Gasteiger partial charge in [0.25, 0.3) is 0 Å². The number of fused-ring (bicyclic) bond motifs is 3. The maximum Gasteiger partial charge on any atom is 0.235 e. The van der Waals surface area contributed by atoms with E-state index in [-0.39, 0.29) is 0 Å². The number of rotatable bonds is 6. The smallest absolute Gasteiger partial charge is 0.235 e. The van der Waals surface area contributed by atoms with Crippen molar-refractivity contribution in [2.45, 2.75) is 0 Å². The summed E-state index contributed by atoms with van der Waals surface area (Å²) >= 11 is 0. The Morgan fingerprint density at radius 3 is 1.80 bits per heavy atom. The first-order valence-electron chi connectivity index (χ1n) is 13.2. The molecule has 2 N–H and O–H groups in total. The fourth-order valence-corrected chi connectivity index (χ4v) is 5.27. The topological polar surface area (TPSA) is 66.6 Å². The van der Waals surface area contributed by atoms with Crippen molar-refractivity contribution < 1.29 is 0 Å². The molecule has 0 radical (unpaired) electrons. The Morgan fingerprint density at radius 1 is 0.600 bits per heavy atom. The number of aromatic nitrogens is 3. The predicted octanol–water partition coefficient (Wildman–Crippen LogP) is 8.65. The van der Waals surface area contributed by atoms with Crippen molar-refractivity contribution in [3.63, 3.8) is 0 Å². The van der Waals surface area contributed by atoms with Crippen LogP contribution in [0.25, 0.3) is 50.3 Å². The Morgan fingerprint density at radius 2 is 1.18 bits per heavy atom. The van der Waals surface area contributed by atoms with Gasteiger partial charge < -0.3 is 10.7 Å². The molecule has 0 atom stereocenters. The highest BCUT2D eigenvalue weighted by Gasteiger charge is 2.20. The van der Waals surface area contributed by atoms with Gasteiger partial charge in [-0.2, -0.15) is 0 Å². The van der Waals surface area contributed by atoms with Gasteiger partial charge in [-0.25, -0.2) is 9.97 Å². The first-order chi connectivity index (χ1) is 19.8. The van der Waals surface area contributed by atoms with Gasteiger partial charge in [-0.3, -0.25) is 4.57 Å². The van der Waals surface area contributed by atoms with Gasteiger partial charge in [0.1, 0.15) is 0 Å². The van der Waals surface area contributed by atoms with Crippen LogP contribution >= 0.6 is 0 Å². The molecule has 0 fully saturated rings. The molecule has 7 rings (SSSR count). The average molecular weight is 516 g/mol. The summed E-state index contributed by atoms with van der Waals surface area (Å²) in [5, 5.41) is 14.1. The lowest BCUT2D eigenvalue weighted by atomic mass is 10.1. The van der Waals surface area contributed by atoms with Gasteiger partial charge in [-0.05, 0) is 30.3 Å². The Bertz CT molecular complexity index is 1920. The quantitative estimate of drug-likeness (QED) is 0.218. The lowest BCUT2D eigenvalue weighted by Crippen LogP contribution is -2.06. The molecule has 2 heterocycles. The van der Waals surface area contributed by atoms with Gasteiger partial charge in [0.2, 0.25) is 5.95 Å². The molecule has 0 saturated heterocycles. The van der Waals surface area contributed by atoms with Crippen LogP contribution < -0.4 is 5.32 Å². The lowest BCUT2D eigenvalue weighted by molar-refractivity contribution is 0.995. The number of benzene rings is 5. The van der Waals surface area contributed by atoms with Crippen molar-refractivity contribution in [3.8, 4) is 28.5 Å². The minimum absolute atomic E-state index is 0.561. The minimum Gasteiger partial charge on any atom is -0.355 e. The summed E-state index contributed by atoms with van der Waals surface area (Å²) in [6.07, 6.45) is 1.42. The molecule has 5 nitrogen and oxygen atoms in total. The third kappa shape index (κ3) is 4.10. The summed E-state index contributed by atoms with van der Waals surface area (Å²) < 4.78 is 2.10. The summed E-state index contributed by atoms with van der Waals surface area (Å²) in [5.74, 6) is 0.561. The highest BCUT2D eigenvalue weighted by Crippen LogP contribution is 2.37. The normalized spacial score (nSPS) is 11.1. The van der Waals surface area contributed by atoms with E-state index in [1.165, 1.54) is 6.21 Å². The summed E-state index contributed by atoms with van der Waals surface area (Å²) in [6, 6.07) is 44.9. The Kier molecular flexibility index (Phi) is 5.87. The van der Waals surface area contributed by atoms with E-state index in [1.54, 1.807) is 0 Å². The van der Waals surface area contributed by atoms with Crippen LogP contribution in [0.5, 0.6) is 0 Å². The zero-order chi connectivity index (χ0) is 26.9. The Balaban J connectivity index is 1.55. The van der Waals surface area contributed by atoms with E-state index in [4.69, 9.17) is 15.4 Å². The second-order valence-electron chi connectivity index (χ2n) is 9.58. The van der Waals surface area contributed by atoms with Crippen LogP contribution in [0.15, 0.2) is 133 Å². The average Bonchev–Trinajstić information content (AvgIpc) is 3.36. The molecule has 0 aliphatic rings. The van der Waals surface area contributed by atoms with Crippen LogP contribution in [0.2, 0.25) is 0 Å². The van der Waals surface area contributed by atoms with Crippen molar-refractivity contribution in [1.82, 2.24) is 14.5 Å². The lowest BCUT2D eigenvalue weighted by Gasteiger charge is -2.15. The van der Waals surface area contributed by atoms with Gasteiger partial charge in [0.15, 0.2) is 0 Å². The van der Waals surface area contributed by atoms with Crippen LogP contribution in [0.1, 0.15) is 5.56 Å². The summed E-state index contributed by atoms with van der Waals surface area (Å²) in [4.78, 5) is 10.2. The van der Waals surface area contributed by atoms with Crippen molar-refractivity contribution in [3.05, 3.63) is 139 Å². The van der Waals surface area contributed by atoms with E-state index in [1.807, 2.05) is 91.0 Å². The van der Waals surface area contributed by atoms with E-state index in [2.05, 4.69) is 52.3 Å². The van der Waals surface area contributed by atoms with Crippen LogP contribution in [0.4, 0.5) is 11.4 Å². The number of anilines is 2. The first-order valence-corrected chi connectivity index (χ1v) is 13.2. The maximum absolute atomic E-state index is 8.50. The van der Waals surface area contributed by atoms with Crippen LogP contribution in [0, 0.1) is 5.41 Å². The van der Waals surface area contributed by atoms with Gasteiger partial charge in [0.05, 0.1) is 22.4 Å². The first kappa shape index (κ1) is 23.6. The zero-order valence-electron chi connectivity index (χ0n) is 21.6. The van der Waals surface area contributed by atoms with Gasteiger partial charge in [-0.1, -0.05) is 103 Å². The fraction of sp³-hybridized carbons (Fsp3) is 0. The van der Waals surface area contributed by atoms with Crippen LogP contribution in [0.3, 0.4) is 0 Å². The molecule has 0 aliphatic carbocycles. The molecule has 5 heteroatoms. The molecule has 0 aliphatic heterocycles. The second-order valence-corrected chi connectivity index (χ2v) is 9.58. The Hall–Kier alpha value is -5.55. The van der Waals surface area contributed by atoms with Gasteiger partial charge in [0, 0.05) is 45.1 Å². The SMILES string of the molecule is N=Cc1c(Nc2ccccc2)ccc2c3ccccc3n(-c3nc(-c4ccccc4)cc(-c4ccccc4)n3)c12. The van der Waals surface area contributed by atoms with Crippen LogP contribution in [-0.2, 0) is 0 Å². The predicted molar refractivity (Wildman–Crippen MR) is 165 cm³/mol. The maximum atomic E-state index is 8.50.